The molecule has 2 aliphatic rings. The molecule has 2 fully saturated rings. The average molecular weight is 367 g/mol. The smallest absolute Gasteiger partial charge is 0.0721 e. The molecule has 0 amide bonds. The van der Waals surface area contributed by atoms with Gasteiger partial charge in [0.2, 0.25) is 0 Å². The van der Waals surface area contributed by atoms with Crippen LogP contribution in [-0.4, -0.2) is 23.9 Å². The van der Waals surface area contributed by atoms with Gasteiger partial charge < -0.3 is 14.6 Å². The van der Waals surface area contributed by atoms with Crippen molar-refractivity contribution in [2.45, 2.75) is 45.7 Å². The maximum Gasteiger partial charge on any atom is 0.0721 e. The van der Waals surface area contributed by atoms with Gasteiger partial charge in [-0.25, -0.2) is 0 Å². The first kappa shape index (κ1) is 18.7. The molecule has 2 aromatic carbocycles. The molecule has 3 heteroatoms. The fraction of sp³-hybridized carbons (Fsp3) is 0.500. The van der Waals surface area contributed by atoms with Gasteiger partial charge in [0.1, 0.15) is 0 Å². The molecule has 0 heterocycles. The quantitative estimate of drug-likeness (QED) is 0.787. The first-order valence-corrected chi connectivity index (χ1v) is 10.1. The third-order valence-corrected chi connectivity index (χ3v) is 6.84. The van der Waals surface area contributed by atoms with Gasteiger partial charge in [0.15, 0.2) is 0 Å². The van der Waals surface area contributed by atoms with Crippen molar-refractivity contribution in [3.05, 3.63) is 71.8 Å². The van der Waals surface area contributed by atoms with Crippen molar-refractivity contribution < 1.29 is 14.6 Å². The Morgan fingerprint density at radius 1 is 0.926 bits per heavy atom. The molecule has 2 aromatic rings. The van der Waals surface area contributed by atoms with Crippen molar-refractivity contribution in [3.63, 3.8) is 0 Å². The van der Waals surface area contributed by atoms with Crippen LogP contribution in [0.3, 0.4) is 0 Å². The largest absolute Gasteiger partial charge is 0.392 e. The van der Waals surface area contributed by atoms with Crippen molar-refractivity contribution in [3.8, 4) is 0 Å². The van der Waals surface area contributed by atoms with E-state index in [1.54, 1.807) is 0 Å². The molecule has 0 aliphatic heterocycles. The molecule has 3 nitrogen and oxygen atoms in total. The predicted octanol–water partition coefficient (Wildman–Crippen LogP) is 4.44. The van der Waals surface area contributed by atoms with E-state index < -0.39 is 0 Å². The van der Waals surface area contributed by atoms with Gasteiger partial charge in [-0.3, -0.25) is 0 Å². The van der Waals surface area contributed by atoms with E-state index in [9.17, 15) is 5.11 Å². The number of benzene rings is 2. The number of aliphatic hydroxyl groups excluding tert-OH is 1. The summed E-state index contributed by atoms with van der Waals surface area (Å²) >= 11 is 0. The fourth-order valence-corrected chi connectivity index (χ4v) is 5.41. The highest BCUT2D eigenvalue weighted by atomic mass is 16.5. The van der Waals surface area contributed by atoms with E-state index in [4.69, 9.17) is 9.47 Å². The molecular weight excluding hydrogens is 336 g/mol. The summed E-state index contributed by atoms with van der Waals surface area (Å²) in [6, 6.07) is 20.6. The molecular formula is C24H30O3. The molecule has 0 spiro atoms. The van der Waals surface area contributed by atoms with Crippen molar-refractivity contribution >= 4 is 0 Å². The highest BCUT2D eigenvalue weighted by molar-refractivity contribution is 5.17. The van der Waals surface area contributed by atoms with Crippen LogP contribution in [0.4, 0.5) is 0 Å². The Hall–Kier alpha value is -1.68. The lowest BCUT2D eigenvalue weighted by Crippen LogP contribution is -2.40. The van der Waals surface area contributed by atoms with Crippen molar-refractivity contribution in [1.82, 2.24) is 0 Å². The Morgan fingerprint density at radius 2 is 1.52 bits per heavy atom. The average Bonchev–Trinajstić information content (AvgIpc) is 3.08. The van der Waals surface area contributed by atoms with Crippen molar-refractivity contribution in [1.29, 1.82) is 0 Å². The molecule has 4 rings (SSSR count). The summed E-state index contributed by atoms with van der Waals surface area (Å²) in [6.45, 7) is 6.25. The molecule has 0 unspecified atom stereocenters. The summed E-state index contributed by atoms with van der Waals surface area (Å²) in [5, 5.41) is 10.9. The number of hydrogen-bond donors (Lipinski definition) is 1. The van der Waals surface area contributed by atoms with Gasteiger partial charge in [0.05, 0.1) is 32.0 Å². The lowest BCUT2D eigenvalue weighted by atomic mass is 9.72. The highest BCUT2D eigenvalue weighted by Gasteiger charge is 2.65. The van der Waals surface area contributed by atoms with E-state index in [2.05, 4.69) is 38.1 Å². The Balaban J connectivity index is 1.48. The third kappa shape index (κ3) is 3.44. The van der Waals surface area contributed by atoms with Crippen LogP contribution >= 0.6 is 0 Å². The standard InChI is InChI=1S/C24H30O3/c1-17-13-24(16-26-14-19-9-5-3-6-10-19)18(2)22(25)21(17)23(24)27-15-20-11-7-4-8-12-20/h3-12,17-18,21-23,25H,13-16H2,1-2H3/t17-,18+,21+,22+,23+,24+/m1/s1. The minimum Gasteiger partial charge on any atom is -0.392 e. The SMILES string of the molecule is C[C@@H]1C[C@]2(COCc3ccccc3)[C@@H](C)[C@H](O)[C@H]1[C@@H]2OCc1ccccc1. The lowest BCUT2D eigenvalue weighted by Gasteiger charge is -2.38. The van der Waals surface area contributed by atoms with Gasteiger partial charge in [-0.1, -0.05) is 74.5 Å². The summed E-state index contributed by atoms with van der Waals surface area (Å²) < 4.78 is 12.6. The van der Waals surface area contributed by atoms with Gasteiger partial charge in [-0.05, 0) is 29.4 Å². The van der Waals surface area contributed by atoms with Crippen LogP contribution in [-0.2, 0) is 22.7 Å². The Morgan fingerprint density at radius 3 is 2.15 bits per heavy atom. The van der Waals surface area contributed by atoms with E-state index >= 15 is 0 Å². The van der Waals surface area contributed by atoms with E-state index in [-0.39, 0.29) is 29.5 Å². The number of hydrogen-bond acceptors (Lipinski definition) is 3. The second-order valence-electron chi connectivity index (χ2n) is 8.47. The molecule has 2 bridgehead atoms. The minimum atomic E-state index is -0.310. The van der Waals surface area contributed by atoms with Crippen molar-refractivity contribution in [2.75, 3.05) is 6.61 Å². The number of ether oxygens (including phenoxy) is 2. The second kappa shape index (κ2) is 7.75. The Labute approximate surface area is 162 Å². The summed E-state index contributed by atoms with van der Waals surface area (Å²) in [6.07, 6.45) is 0.799. The molecule has 0 radical (unpaired) electrons. The van der Waals surface area contributed by atoms with Crippen LogP contribution in [0, 0.1) is 23.2 Å². The summed E-state index contributed by atoms with van der Waals surface area (Å²) in [4.78, 5) is 0. The van der Waals surface area contributed by atoms with Gasteiger partial charge in [-0.2, -0.15) is 0 Å². The van der Waals surface area contributed by atoms with E-state index in [1.165, 1.54) is 11.1 Å². The third-order valence-electron chi connectivity index (χ3n) is 6.84. The normalized spacial score (nSPS) is 34.9. The van der Waals surface area contributed by atoms with Gasteiger partial charge in [-0.15, -0.1) is 0 Å². The topological polar surface area (TPSA) is 38.7 Å². The monoisotopic (exact) mass is 366 g/mol. The maximum absolute atomic E-state index is 10.9. The van der Waals surface area contributed by atoms with Gasteiger partial charge in [0.25, 0.3) is 0 Å². The van der Waals surface area contributed by atoms with Gasteiger partial charge in [0, 0.05) is 11.3 Å². The molecule has 6 atom stereocenters. The zero-order chi connectivity index (χ0) is 18.9. The van der Waals surface area contributed by atoms with E-state index in [1.807, 2.05) is 36.4 Å². The van der Waals surface area contributed by atoms with Crippen molar-refractivity contribution in [2.24, 2.45) is 23.2 Å². The van der Waals surface area contributed by atoms with E-state index in [0.717, 1.165) is 6.42 Å². The zero-order valence-corrected chi connectivity index (χ0v) is 16.3. The van der Waals surface area contributed by atoms with Crippen LogP contribution in [0.1, 0.15) is 31.4 Å². The molecule has 27 heavy (non-hydrogen) atoms. The number of rotatable bonds is 7. The summed E-state index contributed by atoms with van der Waals surface area (Å²) in [5.41, 5.74) is 2.26. The van der Waals surface area contributed by atoms with Crippen LogP contribution < -0.4 is 0 Å². The number of aliphatic hydroxyl groups is 1. The van der Waals surface area contributed by atoms with Crippen LogP contribution in [0.25, 0.3) is 0 Å². The Kier molecular flexibility index (Phi) is 5.36. The summed E-state index contributed by atoms with van der Waals surface area (Å²) in [7, 11) is 0. The number of fused-ring (bicyclic) bond motifs is 2. The molecule has 2 aliphatic carbocycles. The summed E-state index contributed by atoms with van der Waals surface area (Å²) in [5.74, 6) is 0.844. The van der Waals surface area contributed by atoms with Crippen LogP contribution in [0.2, 0.25) is 0 Å². The molecule has 1 N–H and O–H groups in total. The fourth-order valence-electron chi connectivity index (χ4n) is 5.41. The molecule has 2 saturated carbocycles. The zero-order valence-electron chi connectivity index (χ0n) is 16.3. The first-order valence-electron chi connectivity index (χ1n) is 10.1. The minimum absolute atomic E-state index is 0.0495. The molecule has 0 saturated heterocycles. The predicted molar refractivity (Wildman–Crippen MR) is 106 cm³/mol. The first-order chi connectivity index (χ1) is 13.1. The lowest BCUT2D eigenvalue weighted by molar-refractivity contribution is -0.0836. The second-order valence-corrected chi connectivity index (χ2v) is 8.47. The highest BCUT2D eigenvalue weighted by Crippen LogP contribution is 2.61. The molecule has 144 valence electrons. The van der Waals surface area contributed by atoms with E-state index in [0.29, 0.717) is 25.7 Å². The van der Waals surface area contributed by atoms with Crippen LogP contribution in [0.15, 0.2) is 60.7 Å². The Bertz CT molecular complexity index is 732. The molecule has 0 aromatic heterocycles. The maximum atomic E-state index is 10.9. The van der Waals surface area contributed by atoms with Gasteiger partial charge >= 0.3 is 0 Å². The van der Waals surface area contributed by atoms with Crippen LogP contribution in [0.5, 0.6) is 0 Å².